The van der Waals surface area contributed by atoms with E-state index < -0.39 is 6.23 Å². The highest BCUT2D eigenvalue weighted by molar-refractivity contribution is 5.89. The highest BCUT2D eigenvalue weighted by Crippen LogP contribution is 2.50. The van der Waals surface area contributed by atoms with Gasteiger partial charge < -0.3 is 30.7 Å². The first-order chi connectivity index (χ1) is 12.9. The number of hydrogen-bond acceptors (Lipinski definition) is 6. The van der Waals surface area contributed by atoms with E-state index in [0.29, 0.717) is 18.3 Å². The zero-order valence-electron chi connectivity index (χ0n) is 15.4. The number of hydrogen-bond donors (Lipinski definition) is 3. The van der Waals surface area contributed by atoms with E-state index in [0.717, 1.165) is 32.5 Å². The molecule has 0 radical (unpaired) electrons. The van der Waals surface area contributed by atoms with Crippen LogP contribution in [0.2, 0.25) is 0 Å². The monoisotopic (exact) mass is 376 g/mol. The van der Waals surface area contributed by atoms with E-state index in [-0.39, 0.29) is 54.0 Å². The van der Waals surface area contributed by atoms with Gasteiger partial charge in [-0.25, -0.2) is 0 Å². The van der Waals surface area contributed by atoms with Crippen LogP contribution >= 0.6 is 0 Å². The van der Waals surface area contributed by atoms with Crippen LogP contribution in [-0.2, 0) is 14.3 Å². The second-order valence-electron chi connectivity index (χ2n) is 9.92. The molecular weight excluding hydrogens is 348 g/mol. The van der Waals surface area contributed by atoms with Gasteiger partial charge in [0.1, 0.15) is 12.8 Å². The Morgan fingerprint density at radius 1 is 1.30 bits per heavy atom. The summed E-state index contributed by atoms with van der Waals surface area (Å²) in [5.74, 6) is 0.408. The van der Waals surface area contributed by atoms with E-state index in [4.69, 9.17) is 10.5 Å². The Morgan fingerprint density at radius 2 is 2.04 bits per heavy atom. The summed E-state index contributed by atoms with van der Waals surface area (Å²) < 4.78 is 5.80. The van der Waals surface area contributed by atoms with Gasteiger partial charge in [0.05, 0.1) is 23.7 Å². The molecule has 7 fully saturated rings. The van der Waals surface area contributed by atoms with Crippen molar-refractivity contribution >= 4 is 11.8 Å². The fourth-order valence-corrected chi connectivity index (χ4v) is 7.43. The highest BCUT2D eigenvalue weighted by atomic mass is 16.5. The molecule has 8 heteroatoms. The van der Waals surface area contributed by atoms with Gasteiger partial charge in [0, 0.05) is 31.6 Å². The van der Waals surface area contributed by atoms with Crippen molar-refractivity contribution in [3.63, 3.8) is 0 Å². The first-order valence-corrected chi connectivity index (χ1v) is 10.4. The molecule has 6 heterocycles. The minimum absolute atomic E-state index is 0.0707. The number of nitrogens with zero attached hydrogens (tertiary/aromatic N) is 2. The van der Waals surface area contributed by atoms with Crippen molar-refractivity contribution in [3.8, 4) is 0 Å². The molecule has 148 valence electrons. The fraction of sp³-hybridized carbons (Fsp3) is 0.895. The quantitative estimate of drug-likeness (QED) is 0.552. The maximum atomic E-state index is 12.9. The number of amides is 2. The van der Waals surface area contributed by atoms with E-state index >= 15 is 0 Å². The van der Waals surface area contributed by atoms with Crippen LogP contribution < -0.4 is 11.1 Å². The van der Waals surface area contributed by atoms with Crippen molar-refractivity contribution in [1.82, 2.24) is 15.1 Å². The lowest BCUT2D eigenvalue weighted by Gasteiger charge is -2.58. The molecule has 1 saturated carbocycles. The number of carbonyl (C=O) groups is 2. The summed E-state index contributed by atoms with van der Waals surface area (Å²) >= 11 is 0. The summed E-state index contributed by atoms with van der Waals surface area (Å²) in [4.78, 5) is 29.5. The molecule has 6 bridgehead atoms. The topological polar surface area (TPSA) is 108 Å². The Labute approximate surface area is 158 Å². The second-order valence-corrected chi connectivity index (χ2v) is 9.92. The smallest absolute Gasteiger partial charge is 0.240 e. The van der Waals surface area contributed by atoms with Crippen molar-refractivity contribution in [2.24, 2.45) is 29.4 Å². The van der Waals surface area contributed by atoms with Crippen LogP contribution in [0.3, 0.4) is 0 Å². The second kappa shape index (κ2) is 5.43. The Morgan fingerprint density at radius 3 is 2.74 bits per heavy atom. The molecular formula is C19H28N4O4. The third-order valence-electron chi connectivity index (χ3n) is 7.99. The van der Waals surface area contributed by atoms with E-state index in [1.807, 2.05) is 0 Å². The maximum absolute atomic E-state index is 12.9. The van der Waals surface area contributed by atoms with Crippen LogP contribution in [-0.4, -0.2) is 82.9 Å². The molecule has 6 saturated heterocycles. The molecule has 8 unspecified atom stereocenters. The molecule has 4 N–H and O–H groups in total. The Bertz CT molecular complexity index is 664. The molecule has 6 aliphatic heterocycles. The Balaban J connectivity index is 1.16. The van der Waals surface area contributed by atoms with E-state index in [2.05, 4.69) is 10.2 Å². The van der Waals surface area contributed by atoms with Crippen molar-refractivity contribution in [2.45, 2.75) is 55.7 Å². The van der Waals surface area contributed by atoms with E-state index in [1.54, 1.807) is 0 Å². The number of aliphatic hydroxyl groups excluding tert-OH is 1. The number of fused-ring (bicyclic) bond motifs is 5. The lowest BCUT2D eigenvalue weighted by atomic mass is 9.64. The zero-order chi connectivity index (χ0) is 18.5. The number of piperidine rings is 3. The summed E-state index contributed by atoms with van der Waals surface area (Å²) in [5.41, 5.74) is 5.93. The molecule has 1 aliphatic carbocycles. The number of rotatable bonds is 3. The molecule has 0 spiro atoms. The molecule has 8 atom stereocenters. The maximum Gasteiger partial charge on any atom is 0.240 e. The number of carbonyl (C=O) groups excluding carboxylic acids is 2. The lowest BCUT2D eigenvalue weighted by Crippen LogP contribution is -2.69. The van der Waals surface area contributed by atoms with Gasteiger partial charge in [-0.15, -0.1) is 0 Å². The van der Waals surface area contributed by atoms with Gasteiger partial charge >= 0.3 is 0 Å². The molecule has 7 rings (SSSR count). The molecule has 7 aliphatic rings. The van der Waals surface area contributed by atoms with Gasteiger partial charge in [-0.05, 0) is 37.5 Å². The number of aliphatic hydroxyl groups is 1. The minimum atomic E-state index is -0.977. The molecule has 8 nitrogen and oxygen atoms in total. The number of ether oxygens (including phenoxy) is 1. The summed E-state index contributed by atoms with van der Waals surface area (Å²) in [6.45, 7) is 3.16. The molecule has 27 heavy (non-hydrogen) atoms. The van der Waals surface area contributed by atoms with Crippen LogP contribution in [0.5, 0.6) is 0 Å². The number of likely N-dealkylation sites (tertiary alicyclic amines) is 1. The van der Waals surface area contributed by atoms with Gasteiger partial charge in [0.15, 0.2) is 0 Å². The van der Waals surface area contributed by atoms with Crippen LogP contribution in [0, 0.1) is 23.7 Å². The van der Waals surface area contributed by atoms with Gasteiger partial charge in [0.2, 0.25) is 11.8 Å². The number of nitrogens with one attached hydrogen (secondary N) is 1. The van der Waals surface area contributed by atoms with Crippen molar-refractivity contribution in [3.05, 3.63) is 0 Å². The third kappa shape index (κ3) is 2.30. The fourth-order valence-electron chi connectivity index (χ4n) is 7.43. The Kier molecular flexibility index (Phi) is 3.36. The predicted molar refractivity (Wildman–Crippen MR) is 94.1 cm³/mol. The van der Waals surface area contributed by atoms with Crippen LogP contribution in [0.25, 0.3) is 0 Å². The molecule has 2 amide bonds. The SMILES string of the molecule is NC1CC2OC1C1C2C(=O)N(CC(=O)NC23CC4CC(CN(C4)C2)C3)C1O. The normalized spacial score (nSPS) is 54.7. The average Bonchev–Trinajstić information content (AvgIpc) is 3.20. The minimum Gasteiger partial charge on any atom is -0.373 e. The lowest BCUT2D eigenvalue weighted by molar-refractivity contribution is -0.145. The van der Waals surface area contributed by atoms with Crippen molar-refractivity contribution in [1.29, 1.82) is 0 Å². The van der Waals surface area contributed by atoms with Gasteiger partial charge in [-0.2, -0.15) is 0 Å². The third-order valence-corrected chi connectivity index (χ3v) is 7.99. The van der Waals surface area contributed by atoms with Crippen LogP contribution in [0.4, 0.5) is 0 Å². The van der Waals surface area contributed by atoms with Gasteiger partial charge in [-0.1, -0.05) is 0 Å². The largest absolute Gasteiger partial charge is 0.373 e. The summed E-state index contributed by atoms with van der Waals surface area (Å²) in [5, 5.41) is 14.0. The molecule has 0 aromatic rings. The Hall–Kier alpha value is -1.22. The average molecular weight is 376 g/mol. The summed E-state index contributed by atoms with van der Waals surface area (Å²) in [6.07, 6.45) is 2.56. The van der Waals surface area contributed by atoms with Gasteiger partial charge in [0.25, 0.3) is 0 Å². The zero-order valence-corrected chi connectivity index (χ0v) is 15.4. The van der Waals surface area contributed by atoms with E-state index in [1.165, 1.54) is 11.3 Å². The summed E-state index contributed by atoms with van der Waals surface area (Å²) in [7, 11) is 0. The van der Waals surface area contributed by atoms with Gasteiger partial charge in [-0.3, -0.25) is 9.59 Å². The summed E-state index contributed by atoms with van der Waals surface area (Å²) in [6, 6.07) is -0.131. The molecule has 0 aromatic heterocycles. The standard InChI is InChI=1S/C19H28N4O4/c20-11-2-12-14-15(16(11)27-12)18(26)23(17(14)25)7-13(24)21-19-3-9-1-10(4-19)6-22(5-9)8-19/h9-12,14-16,18,26H,1-8,20H2,(H,21,24). The van der Waals surface area contributed by atoms with Crippen LogP contribution in [0.1, 0.15) is 25.7 Å². The predicted octanol–water partition coefficient (Wildman–Crippen LogP) is -1.52. The molecule has 0 aromatic carbocycles. The van der Waals surface area contributed by atoms with Crippen LogP contribution in [0.15, 0.2) is 0 Å². The number of nitrogens with two attached hydrogens (primary N) is 1. The van der Waals surface area contributed by atoms with Crippen molar-refractivity contribution in [2.75, 3.05) is 26.2 Å². The van der Waals surface area contributed by atoms with E-state index in [9.17, 15) is 14.7 Å². The first kappa shape index (κ1) is 16.7. The highest BCUT2D eigenvalue weighted by Gasteiger charge is 2.64. The van der Waals surface area contributed by atoms with Crippen molar-refractivity contribution < 1.29 is 19.4 Å². The first-order valence-electron chi connectivity index (χ1n) is 10.4.